The number of H-pyrrole nitrogens is 1. The number of aryl methyl sites for hydroxylation is 2. The highest BCUT2D eigenvalue weighted by Crippen LogP contribution is 2.30. The van der Waals surface area contributed by atoms with Crippen LogP contribution in [0.1, 0.15) is 17.1 Å². The van der Waals surface area contributed by atoms with E-state index < -0.39 is 0 Å². The fourth-order valence-corrected chi connectivity index (χ4v) is 1.99. The molecule has 0 saturated heterocycles. The van der Waals surface area contributed by atoms with Gasteiger partial charge in [0.2, 0.25) is 0 Å². The van der Waals surface area contributed by atoms with Gasteiger partial charge < -0.3 is 15.2 Å². The van der Waals surface area contributed by atoms with Crippen LogP contribution in [-0.4, -0.2) is 21.7 Å². The van der Waals surface area contributed by atoms with Crippen LogP contribution in [0.3, 0.4) is 0 Å². The van der Waals surface area contributed by atoms with Gasteiger partial charge in [-0.1, -0.05) is 5.16 Å². The first-order chi connectivity index (χ1) is 7.38. The first-order valence-corrected chi connectivity index (χ1v) is 5.10. The molecule has 0 aliphatic heterocycles. The number of hydrogen-bond acceptors (Lipinski definition) is 4. The third kappa shape index (κ3) is 1.27. The SMILES string of the molecule is NCCc1nc2c([nH]1)CCc1conc1-2. The van der Waals surface area contributed by atoms with Crippen molar-refractivity contribution in [3.05, 3.63) is 23.3 Å². The summed E-state index contributed by atoms with van der Waals surface area (Å²) >= 11 is 0. The predicted molar refractivity (Wildman–Crippen MR) is 54.3 cm³/mol. The zero-order valence-corrected chi connectivity index (χ0v) is 8.29. The third-order valence-corrected chi connectivity index (χ3v) is 2.72. The van der Waals surface area contributed by atoms with E-state index >= 15 is 0 Å². The quantitative estimate of drug-likeness (QED) is 0.753. The molecule has 2 aromatic heterocycles. The maximum atomic E-state index is 5.50. The zero-order valence-electron chi connectivity index (χ0n) is 8.29. The van der Waals surface area contributed by atoms with E-state index in [1.165, 1.54) is 0 Å². The number of imidazole rings is 1. The maximum Gasteiger partial charge on any atom is 0.137 e. The second kappa shape index (κ2) is 3.20. The Hall–Kier alpha value is -1.62. The van der Waals surface area contributed by atoms with E-state index in [-0.39, 0.29) is 0 Å². The summed E-state index contributed by atoms with van der Waals surface area (Å²) in [7, 11) is 0. The number of aromatic amines is 1. The Labute approximate surface area is 86.7 Å². The molecule has 3 N–H and O–H groups in total. The van der Waals surface area contributed by atoms with Crippen molar-refractivity contribution in [3.8, 4) is 11.4 Å². The molecule has 0 amide bonds. The van der Waals surface area contributed by atoms with Gasteiger partial charge in [0.05, 0.1) is 0 Å². The fraction of sp³-hybridized carbons (Fsp3) is 0.400. The van der Waals surface area contributed by atoms with Crippen LogP contribution >= 0.6 is 0 Å². The highest BCUT2D eigenvalue weighted by Gasteiger charge is 2.23. The summed E-state index contributed by atoms with van der Waals surface area (Å²) in [5, 5.41) is 3.98. The molecule has 0 fully saturated rings. The monoisotopic (exact) mass is 204 g/mol. The smallest absolute Gasteiger partial charge is 0.137 e. The van der Waals surface area contributed by atoms with E-state index in [4.69, 9.17) is 10.3 Å². The molecule has 1 aliphatic rings. The lowest BCUT2D eigenvalue weighted by Crippen LogP contribution is -2.04. The number of fused-ring (bicyclic) bond motifs is 3. The van der Waals surface area contributed by atoms with Crippen molar-refractivity contribution >= 4 is 0 Å². The highest BCUT2D eigenvalue weighted by molar-refractivity contribution is 5.63. The molecular formula is C10H12N4O. The number of nitrogens with zero attached hydrogens (tertiary/aromatic N) is 2. The van der Waals surface area contributed by atoms with E-state index in [2.05, 4.69) is 15.1 Å². The van der Waals surface area contributed by atoms with Crippen molar-refractivity contribution in [2.45, 2.75) is 19.3 Å². The Kier molecular flexibility index (Phi) is 1.85. The molecule has 78 valence electrons. The lowest BCUT2D eigenvalue weighted by atomic mass is 9.99. The van der Waals surface area contributed by atoms with Crippen LogP contribution < -0.4 is 5.73 Å². The van der Waals surface area contributed by atoms with Crippen molar-refractivity contribution in [3.63, 3.8) is 0 Å². The predicted octanol–water partition coefficient (Wildman–Crippen LogP) is 0.664. The van der Waals surface area contributed by atoms with Crippen LogP contribution in [0.2, 0.25) is 0 Å². The Bertz CT molecular complexity index is 485. The largest absolute Gasteiger partial charge is 0.364 e. The molecule has 15 heavy (non-hydrogen) atoms. The van der Waals surface area contributed by atoms with E-state index in [1.54, 1.807) is 6.26 Å². The Balaban J connectivity index is 2.08. The molecule has 2 aromatic rings. The molecule has 5 heteroatoms. The number of aromatic nitrogens is 3. The molecule has 0 unspecified atom stereocenters. The minimum Gasteiger partial charge on any atom is -0.364 e. The average Bonchev–Trinajstić information content (AvgIpc) is 2.80. The van der Waals surface area contributed by atoms with Gasteiger partial charge in [-0.2, -0.15) is 0 Å². The van der Waals surface area contributed by atoms with Crippen molar-refractivity contribution in [1.29, 1.82) is 0 Å². The molecule has 0 spiro atoms. The molecule has 0 radical (unpaired) electrons. The van der Waals surface area contributed by atoms with Crippen molar-refractivity contribution in [2.24, 2.45) is 5.73 Å². The Morgan fingerprint density at radius 2 is 2.33 bits per heavy atom. The van der Waals surface area contributed by atoms with Crippen molar-refractivity contribution < 1.29 is 4.52 Å². The summed E-state index contributed by atoms with van der Waals surface area (Å²) in [6.45, 7) is 0.609. The second-order valence-electron chi connectivity index (χ2n) is 3.74. The molecule has 0 bridgehead atoms. The first-order valence-electron chi connectivity index (χ1n) is 5.10. The molecule has 0 saturated carbocycles. The molecule has 1 aliphatic carbocycles. The lowest BCUT2D eigenvalue weighted by Gasteiger charge is -2.06. The minimum absolute atomic E-state index is 0.609. The first kappa shape index (κ1) is 8.67. The maximum absolute atomic E-state index is 5.50. The average molecular weight is 204 g/mol. The summed E-state index contributed by atoms with van der Waals surface area (Å²) in [5.74, 6) is 0.943. The van der Waals surface area contributed by atoms with Gasteiger partial charge in [-0.25, -0.2) is 4.98 Å². The van der Waals surface area contributed by atoms with Gasteiger partial charge in [0, 0.05) is 17.7 Å². The molecule has 0 atom stereocenters. The van der Waals surface area contributed by atoms with Crippen molar-refractivity contribution in [2.75, 3.05) is 6.54 Å². The normalized spacial score (nSPS) is 13.7. The van der Waals surface area contributed by atoms with Gasteiger partial charge in [0.15, 0.2) is 0 Å². The number of hydrogen-bond donors (Lipinski definition) is 2. The fourth-order valence-electron chi connectivity index (χ4n) is 1.99. The van der Waals surface area contributed by atoms with Gasteiger partial charge in [0.1, 0.15) is 23.5 Å². The van der Waals surface area contributed by atoms with E-state index in [0.717, 1.165) is 47.7 Å². The number of nitrogens with one attached hydrogen (secondary N) is 1. The van der Waals surface area contributed by atoms with Crippen LogP contribution in [0.25, 0.3) is 11.4 Å². The third-order valence-electron chi connectivity index (χ3n) is 2.72. The Morgan fingerprint density at radius 1 is 1.40 bits per heavy atom. The van der Waals surface area contributed by atoms with Crippen LogP contribution in [-0.2, 0) is 19.3 Å². The summed E-state index contributed by atoms with van der Waals surface area (Å²) in [4.78, 5) is 7.79. The molecule has 2 heterocycles. The second-order valence-corrected chi connectivity index (χ2v) is 3.74. The van der Waals surface area contributed by atoms with Crippen molar-refractivity contribution in [1.82, 2.24) is 15.1 Å². The zero-order chi connectivity index (χ0) is 10.3. The summed E-state index contributed by atoms with van der Waals surface area (Å²) < 4.78 is 4.96. The van der Waals surface area contributed by atoms with Crippen LogP contribution in [0.15, 0.2) is 10.8 Å². The molecule has 3 rings (SSSR count). The van der Waals surface area contributed by atoms with Gasteiger partial charge >= 0.3 is 0 Å². The standard InChI is InChI=1S/C10H12N4O/c11-4-3-8-12-7-2-1-6-5-15-14-9(6)10(7)13-8/h5H,1-4,11H2,(H,12,13). The van der Waals surface area contributed by atoms with Crippen LogP contribution in [0, 0.1) is 0 Å². The number of rotatable bonds is 2. The Morgan fingerprint density at radius 3 is 3.20 bits per heavy atom. The highest BCUT2D eigenvalue weighted by atomic mass is 16.5. The van der Waals surface area contributed by atoms with E-state index in [1.807, 2.05) is 0 Å². The van der Waals surface area contributed by atoms with Gasteiger partial charge in [0.25, 0.3) is 0 Å². The lowest BCUT2D eigenvalue weighted by molar-refractivity contribution is 0.421. The molecule has 5 nitrogen and oxygen atoms in total. The molecule has 0 aromatic carbocycles. The van der Waals surface area contributed by atoms with Gasteiger partial charge in [-0.15, -0.1) is 0 Å². The van der Waals surface area contributed by atoms with Crippen LogP contribution in [0.5, 0.6) is 0 Å². The number of nitrogens with two attached hydrogens (primary N) is 1. The topological polar surface area (TPSA) is 80.7 Å². The van der Waals surface area contributed by atoms with E-state index in [0.29, 0.717) is 6.54 Å². The summed E-state index contributed by atoms with van der Waals surface area (Å²) in [6, 6.07) is 0. The van der Waals surface area contributed by atoms with Gasteiger partial charge in [-0.3, -0.25) is 0 Å². The van der Waals surface area contributed by atoms with E-state index in [9.17, 15) is 0 Å². The minimum atomic E-state index is 0.609. The molecular weight excluding hydrogens is 192 g/mol. The summed E-state index contributed by atoms with van der Waals surface area (Å²) in [6.07, 6.45) is 4.42. The van der Waals surface area contributed by atoms with Crippen LogP contribution in [0.4, 0.5) is 0 Å². The van der Waals surface area contributed by atoms with Gasteiger partial charge in [-0.05, 0) is 19.4 Å². The summed E-state index contributed by atoms with van der Waals surface area (Å²) in [5.41, 5.74) is 9.62.